The molecule has 1 atom stereocenters. The topological polar surface area (TPSA) is 86.8 Å². The predicted octanol–water partition coefficient (Wildman–Crippen LogP) is 6.53. The van der Waals surface area contributed by atoms with E-state index < -0.39 is 28.5 Å². The molecule has 3 aromatic carbocycles. The zero-order valence-corrected chi connectivity index (χ0v) is 26.2. The van der Waals surface area contributed by atoms with Gasteiger partial charge in [0.25, 0.3) is 10.0 Å². The van der Waals surface area contributed by atoms with Gasteiger partial charge in [-0.2, -0.15) is 0 Å². The number of carbonyl (C=O) groups excluding carboxylic acids is 2. The molecule has 1 N–H and O–H groups in total. The van der Waals surface area contributed by atoms with Crippen molar-refractivity contribution in [2.75, 3.05) is 17.4 Å². The number of nitrogens with zero attached hydrogens (tertiary/aromatic N) is 2. The van der Waals surface area contributed by atoms with Crippen LogP contribution in [0.1, 0.15) is 49.8 Å². The van der Waals surface area contributed by atoms with Crippen LogP contribution in [0.15, 0.2) is 71.6 Å². The summed E-state index contributed by atoms with van der Waals surface area (Å²) in [6, 6.07) is 17.5. The summed E-state index contributed by atoms with van der Waals surface area (Å²) in [6.45, 7) is 7.55. The lowest BCUT2D eigenvalue weighted by molar-refractivity contribution is -0.140. The lowest BCUT2D eigenvalue weighted by Gasteiger charge is -2.33. The first-order chi connectivity index (χ1) is 19.5. The molecule has 0 aliphatic rings. The van der Waals surface area contributed by atoms with Gasteiger partial charge in [0.15, 0.2) is 0 Å². The highest BCUT2D eigenvalue weighted by Crippen LogP contribution is 2.30. The molecule has 0 fully saturated rings. The number of nitrogens with one attached hydrogen (secondary N) is 1. The Labute approximate surface area is 253 Å². The fraction of sp³-hybridized carbons (Fsp3) is 0.355. The van der Waals surface area contributed by atoms with Gasteiger partial charge in [-0.15, -0.1) is 0 Å². The zero-order valence-electron chi connectivity index (χ0n) is 23.9. The number of halogens is 2. The Kier molecular flexibility index (Phi) is 11.6. The van der Waals surface area contributed by atoms with Gasteiger partial charge in [-0.05, 0) is 74.2 Å². The molecule has 0 unspecified atom stereocenters. The van der Waals surface area contributed by atoms with E-state index in [4.69, 9.17) is 23.2 Å². The molecule has 0 aliphatic carbocycles. The molecule has 0 saturated carbocycles. The second-order valence-electron chi connectivity index (χ2n) is 9.97. The normalized spacial score (nSPS) is 12.0. The van der Waals surface area contributed by atoms with Crippen LogP contribution in [0.4, 0.5) is 5.69 Å². The van der Waals surface area contributed by atoms with Crippen LogP contribution in [-0.4, -0.2) is 44.3 Å². The van der Waals surface area contributed by atoms with Gasteiger partial charge in [-0.25, -0.2) is 8.42 Å². The Hall–Kier alpha value is -3.07. The van der Waals surface area contributed by atoms with Gasteiger partial charge >= 0.3 is 0 Å². The highest BCUT2D eigenvalue weighted by molar-refractivity contribution is 7.92. The summed E-state index contributed by atoms with van der Waals surface area (Å²) in [4.78, 5) is 28.9. The van der Waals surface area contributed by atoms with Crippen LogP contribution < -0.4 is 9.62 Å². The van der Waals surface area contributed by atoms with Crippen LogP contribution in [0.3, 0.4) is 0 Å². The van der Waals surface area contributed by atoms with Crippen molar-refractivity contribution in [3.05, 3.63) is 93.5 Å². The minimum atomic E-state index is -4.18. The van der Waals surface area contributed by atoms with Crippen molar-refractivity contribution in [1.82, 2.24) is 10.2 Å². The molecule has 0 radical (unpaired) electrons. The quantitative estimate of drug-likeness (QED) is 0.221. The van der Waals surface area contributed by atoms with E-state index in [-0.39, 0.29) is 17.3 Å². The monoisotopic (exact) mass is 617 g/mol. The average Bonchev–Trinajstić information content (AvgIpc) is 2.94. The molecule has 3 aromatic rings. The van der Waals surface area contributed by atoms with Crippen LogP contribution in [0.25, 0.3) is 0 Å². The molecule has 10 heteroatoms. The summed E-state index contributed by atoms with van der Waals surface area (Å²) in [5, 5.41) is 3.80. The maximum atomic E-state index is 14.1. The van der Waals surface area contributed by atoms with E-state index in [1.807, 2.05) is 20.8 Å². The van der Waals surface area contributed by atoms with Crippen molar-refractivity contribution in [3.63, 3.8) is 0 Å². The first-order valence-corrected chi connectivity index (χ1v) is 15.8. The highest BCUT2D eigenvalue weighted by Gasteiger charge is 2.34. The second-order valence-corrected chi connectivity index (χ2v) is 12.7. The van der Waals surface area contributed by atoms with Gasteiger partial charge in [0, 0.05) is 23.1 Å². The standard InChI is InChI=1S/C31H37Cl2N3O4S/c1-5-7-18-34-31(38)28(6-2)35(20-24-11-14-25(32)15-12-24)30(37)21-36(29-19-26(33)13-10-23(29)4)41(39,40)27-16-8-22(3)9-17-27/h8-17,19,28H,5-7,18,20-21H2,1-4H3,(H,34,38)/t28-/m0/s1. The lowest BCUT2D eigenvalue weighted by atomic mass is 10.1. The molecule has 0 aromatic heterocycles. The Balaban J connectivity index is 2.07. The van der Waals surface area contributed by atoms with E-state index >= 15 is 0 Å². The fourth-order valence-corrected chi connectivity index (χ4v) is 6.18. The Bertz CT molecular complexity index is 1450. The summed E-state index contributed by atoms with van der Waals surface area (Å²) in [5.41, 5.74) is 2.58. The van der Waals surface area contributed by atoms with Gasteiger partial charge in [0.2, 0.25) is 11.8 Å². The number of benzene rings is 3. The molecule has 41 heavy (non-hydrogen) atoms. The minimum absolute atomic E-state index is 0.0453. The molecule has 0 saturated heterocycles. The number of amides is 2. The maximum absolute atomic E-state index is 14.1. The molecule has 3 rings (SSSR count). The SMILES string of the molecule is CCCCNC(=O)[C@H](CC)N(Cc1ccc(Cl)cc1)C(=O)CN(c1cc(Cl)ccc1C)S(=O)(=O)c1ccc(C)cc1. The Morgan fingerprint density at radius 1 is 0.902 bits per heavy atom. The number of carbonyl (C=O) groups is 2. The second kappa shape index (κ2) is 14.7. The maximum Gasteiger partial charge on any atom is 0.264 e. The number of anilines is 1. The van der Waals surface area contributed by atoms with Crippen molar-refractivity contribution < 1.29 is 18.0 Å². The van der Waals surface area contributed by atoms with E-state index in [9.17, 15) is 18.0 Å². The molecule has 7 nitrogen and oxygen atoms in total. The van der Waals surface area contributed by atoms with Crippen molar-refractivity contribution in [3.8, 4) is 0 Å². The average molecular weight is 619 g/mol. The van der Waals surface area contributed by atoms with Gasteiger partial charge in [-0.3, -0.25) is 13.9 Å². The summed E-state index contributed by atoms with van der Waals surface area (Å²) >= 11 is 12.4. The summed E-state index contributed by atoms with van der Waals surface area (Å²) in [6.07, 6.45) is 2.07. The number of sulfonamides is 1. The smallest absolute Gasteiger partial charge is 0.264 e. The van der Waals surface area contributed by atoms with E-state index in [2.05, 4.69) is 5.32 Å². The Morgan fingerprint density at radius 3 is 2.15 bits per heavy atom. The van der Waals surface area contributed by atoms with Crippen LogP contribution in [-0.2, 0) is 26.2 Å². The number of rotatable bonds is 13. The van der Waals surface area contributed by atoms with E-state index in [0.717, 1.165) is 28.3 Å². The van der Waals surface area contributed by atoms with Crippen LogP contribution in [0, 0.1) is 13.8 Å². The molecule has 0 aliphatic heterocycles. The van der Waals surface area contributed by atoms with Gasteiger partial charge in [0.05, 0.1) is 10.6 Å². The number of unbranched alkanes of at least 4 members (excludes halogenated alkanes) is 1. The third-order valence-electron chi connectivity index (χ3n) is 6.81. The number of hydrogen-bond acceptors (Lipinski definition) is 4. The van der Waals surface area contributed by atoms with Crippen LogP contribution >= 0.6 is 23.2 Å². The molecular weight excluding hydrogens is 581 g/mol. The van der Waals surface area contributed by atoms with Crippen molar-refractivity contribution in [2.24, 2.45) is 0 Å². The minimum Gasteiger partial charge on any atom is -0.354 e. The van der Waals surface area contributed by atoms with E-state index in [1.54, 1.807) is 55.5 Å². The van der Waals surface area contributed by atoms with Crippen molar-refractivity contribution in [1.29, 1.82) is 0 Å². The molecule has 0 heterocycles. The third kappa shape index (κ3) is 8.47. The van der Waals surface area contributed by atoms with Crippen LogP contribution in [0.5, 0.6) is 0 Å². The van der Waals surface area contributed by atoms with Gasteiger partial charge < -0.3 is 10.2 Å². The summed E-state index contributed by atoms with van der Waals surface area (Å²) < 4.78 is 29.1. The Morgan fingerprint density at radius 2 is 1.54 bits per heavy atom. The first-order valence-electron chi connectivity index (χ1n) is 13.6. The number of aryl methyl sites for hydroxylation is 2. The number of hydrogen-bond donors (Lipinski definition) is 1. The van der Waals surface area contributed by atoms with Crippen LogP contribution in [0.2, 0.25) is 10.0 Å². The summed E-state index contributed by atoms with van der Waals surface area (Å²) in [5.74, 6) is -0.803. The molecule has 0 bridgehead atoms. The molecule has 0 spiro atoms. The molecule has 2 amide bonds. The van der Waals surface area contributed by atoms with Gasteiger partial charge in [0.1, 0.15) is 12.6 Å². The van der Waals surface area contributed by atoms with E-state index in [1.165, 1.54) is 23.1 Å². The molecular formula is C31H37Cl2N3O4S. The van der Waals surface area contributed by atoms with E-state index in [0.29, 0.717) is 34.3 Å². The van der Waals surface area contributed by atoms with Crippen molar-refractivity contribution in [2.45, 2.75) is 64.4 Å². The largest absolute Gasteiger partial charge is 0.354 e. The lowest BCUT2D eigenvalue weighted by Crippen LogP contribution is -2.52. The predicted molar refractivity (Wildman–Crippen MR) is 166 cm³/mol. The van der Waals surface area contributed by atoms with Gasteiger partial charge in [-0.1, -0.05) is 79.4 Å². The fourth-order valence-electron chi connectivity index (χ4n) is 4.41. The third-order valence-corrected chi connectivity index (χ3v) is 9.07. The zero-order chi connectivity index (χ0) is 30.2. The van der Waals surface area contributed by atoms with Crippen molar-refractivity contribution >= 4 is 50.7 Å². The summed E-state index contributed by atoms with van der Waals surface area (Å²) in [7, 11) is -4.18. The first kappa shape index (κ1) is 32.4. The highest BCUT2D eigenvalue weighted by atomic mass is 35.5. The molecule has 220 valence electrons.